The lowest BCUT2D eigenvalue weighted by atomic mass is 10.2. The van der Waals surface area contributed by atoms with Gasteiger partial charge in [-0.05, 0) is 25.2 Å². The molecule has 0 fully saturated rings. The second kappa shape index (κ2) is 6.62. The minimum absolute atomic E-state index is 0.0298. The van der Waals surface area contributed by atoms with Gasteiger partial charge >= 0.3 is 0 Å². The molecule has 1 heterocycles. The fourth-order valence-corrected chi connectivity index (χ4v) is 2.14. The summed E-state index contributed by atoms with van der Waals surface area (Å²) in [6.45, 7) is 1.18. The molecule has 0 aliphatic carbocycles. The Kier molecular flexibility index (Phi) is 4.86. The molecule has 1 amide bonds. The molecule has 0 saturated carbocycles. The summed E-state index contributed by atoms with van der Waals surface area (Å²) in [5.74, 6) is -0.210. The number of nitrogens with zero attached hydrogens (tertiary/aromatic N) is 2. The summed E-state index contributed by atoms with van der Waals surface area (Å²) in [4.78, 5) is 28.1. The first kappa shape index (κ1) is 14.7. The first-order valence-electron chi connectivity index (χ1n) is 6.18. The summed E-state index contributed by atoms with van der Waals surface area (Å²) in [5.41, 5.74) is 0.394. The van der Waals surface area contributed by atoms with Crippen LogP contribution < -0.4 is 16.2 Å². The van der Waals surface area contributed by atoms with Crippen molar-refractivity contribution in [3.8, 4) is 0 Å². The third-order valence-corrected chi connectivity index (χ3v) is 3.29. The molecule has 2 aromatic rings. The molecule has 7 heteroatoms. The van der Waals surface area contributed by atoms with Crippen molar-refractivity contribution in [1.82, 2.24) is 20.2 Å². The summed E-state index contributed by atoms with van der Waals surface area (Å²) in [6, 6.07) is 5.29. The average molecular weight is 339 g/mol. The third-order valence-electron chi connectivity index (χ3n) is 2.80. The zero-order valence-electron chi connectivity index (χ0n) is 11.0. The number of halogens is 1. The molecular formula is C13H15BrN4O2. The van der Waals surface area contributed by atoms with Gasteiger partial charge in [-0.3, -0.25) is 14.2 Å². The van der Waals surface area contributed by atoms with E-state index in [0.717, 1.165) is 4.47 Å². The van der Waals surface area contributed by atoms with Crippen LogP contribution in [0.4, 0.5) is 0 Å². The number of carbonyl (C=O) groups is 1. The highest BCUT2D eigenvalue weighted by molar-refractivity contribution is 9.10. The van der Waals surface area contributed by atoms with Gasteiger partial charge in [0.05, 0.1) is 17.2 Å². The Morgan fingerprint density at radius 1 is 1.40 bits per heavy atom. The van der Waals surface area contributed by atoms with E-state index in [1.54, 1.807) is 12.1 Å². The molecule has 0 saturated heterocycles. The minimum Gasteiger partial charge on any atom is -0.353 e. The summed E-state index contributed by atoms with van der Waals surface area (Å²) in [7, 11) is 1.81. The highest BCUT2D eigenvalue weighted by Gasteiger charge is 2.08. The molecule has 0 aliphatic rings. The maximum Gasteiger partial charge on any atom is 0.261 e. The number of aromatic nitrogens is 2. The Labute approximate surface area is 124 Å². The van der Waals surface area contributed by atoms with Crippen LogP contribution >= 0.6 is 15.9 Å². The molecule has 0 unspecified atom stereocenters. The molecule has 106 valence electrons. The second-order valence-electron chi connectivity index (χ2n) is 4.29. The molecule has 6 nitrogen and oxygen atoms in total. The van der Waals surface area contributed by atoms with Crippen molar-refractivity contribution in [3.05, 3.63) is 39.4 Å². The van der Waals surface area contributed by atoms with Crippen LogP contribution in [0.5, 0.6) is 0 Å². The van der Waals surface area contributed by atoms with Crippen LogP contribution in [-0.2, 0) is 11.3 Å². The average Bonchev–Trinajstić information content (AvgIpc) is 2.43. The van der Waals surface area contributed by atoms with E-state index in [4.69, 9.17) is 0 Å². The molecule has 0 bridgehead atoms. The number of hydrogen-bond donors (Lipinski definition) is 2. The van der Waals surface area contributed by atoms with Gasteiger partial charge in [-0.25, -0.2) is 4.98 Å². The Balaban J connectivity index is 2.21. The first-order chi connectivity index (χ1) is 9.61. The topological polar surface area (TPSA) is 76.0 Å². The largest absolute Gasteiger partial charge is 0.353 e. The van der Waals surface area contributed by atoms with Gasteiger partial charge in [0.15, 0.2) is 0 Å². The molecule has 0 radical (unpaired) electrons. The highest BCUT2D eigenvalue weighted by Crippen LogP contribution is 2.14. The van der Waals surface area contributed by atoms with Crippen molar-refractivity contribution in [3.63, 3.8) is 0 Å². The fourth-order valence-electron chi connectivity index (χ4n) is 1.78. The van der Waals surface area contributed by atoms with Gasteiger partial charge in [-0.1, -0.05) is 15.9 Å². The minimum atomic E-state index is -0.222. The number of amides is 1. The van der Waals surface area contributed by atoms with Crippen LogP contribution in [0.1, 0.15) is 0 Å². The van der Waals surface area contributed by atoms with Crippen LogP contribution in [0.3, 0.4) is 0 Å². The van der Waals surface area contributed by atoms with Gasteiger partial charge in [-0.2, -0.15) is 0 Å². The number of rotatable bonds is 5. The Bertz CT molecular complexity index is 684. The molecule has 2 rings (SSSR count). The van der Waals surface area contributed by atoms with Crippen molar-refractivity contribution >= 4 is 32.7 Å². The van der Waals surface area contributed by atoms with E-state index in [9.17, 15) is 9.59 Å². The third kappa shape index (κ3) is 3.43. The Morgan fingerprint density at radius 3 is 2.95 bits per heavy atom. The lowest BCUT2D eigenvalue weighted by Crippen LogP contribution is -2.35. The van der Waals surface area contributed by atoms with Crippen LogP contribution in [0.25, 0.3) is 10.9 Å². The van der Waals surface area contributed by atoms with Crippen LogP contribution in [0.15, 0.2) is 33.8 Å². The number of hydrogen-bond acceptors (Lipinski definition) is 4. The van der Waals surface area contributed by atoms with Crippen LogP contribution in [-0.4, -0.2) is 35.6 Å². The van der Waals surface area contributed by atoms with Gasteiger partial charge in [0, 0.05) is 17.6 Å². The summed E-state index contributed by atoms with van der Waals surface area (Å²) in [5, 5.41) is 6.14. The van der Waals surface area contributed by atoms with E-state index in [-0.39, 0.29) is 18.0 Å². The predicted octanol–water partition coefficient (Wildman–Crippen LogP) is 0.495. The monoisotopic (exact) mass is 338 g/mol. The standard InChI is InChI=1S/C13H15BrN4O2/c1-15-4-5-16-12(19)7-18-8-17-11-3-2-9(14)6-10(11)13(18)20/h2-3,6,8,15H,4-5,7H2,1H3,(H,16,19). The Morgan fingerprint density at radius 2 is 2.20 bits per heavy atom. The van der Waals surface area contributed by atoms with E-state index in [0.29, 0.717) is 24.0 Å². The lowest BCUT2D eigenvalue weighted by molar-refractivity contribution is -0.121. The molecule has 1 aromatic heterocycles. The summed E-state index contributed by atoms with van der Waals surface area (Å²) in [6.07, 6.45) is 1.40. The van der Waals surface area contributed by atoms with E-state index >= 15 is 0 Å². The number of fused-ring (bicyclic) bond motifs is 1. The zero-order valence-corrected chi connectivity index (χ0v) is 12.6. The molecule has 0 aliphatic heterocycles. The number of benzene rings is 1. The smallest absolute Gasteiger partial charge is 0.261 e. The van der Waals surface area contributed by atoms with Gasteiger partial charge in [0.2, 0.25) is 5.91 Å². The number of carbonyl (C=O) groups excluding carboxylic acids is 1. The molecule has 20 heavy (non-hydrogen) atoms. The molecule has 0 atom stereocenters. The van der Waals surface area contributed by atoms with Crippen molar-refractivity contribution in [2.45, 2.75) is 6.54 Å². The van der Waals surface area contributed by atoms with E-state index < -0.39 is 0 Å². The number of nitrogens with one attached hydrogen (secondary N) is 2. The van der Waals surface area contributed by atoms with E-state index in [2.05, 4.69) is 31.5 Å². The second-order valence-corrected chi connectivity index (χ2v) is 5.21. The highest BCUT2D eigenvalue weighted by atomic mass is 79.9. The van der Waals surface area contributed by atoms with Gasteiger partial charge in [0.1, 0.15) is 6.54 Å². The molecular weight excluding hydrogens is 324 g/mol. The number of likely N-dealkylation sites (N-methyl/N-ethyl adjacent to an activating group) is 1. The van der Waals surface area contributed by atoms with Crippen LogP contribution in [0.2, 0.25) is 0 Å². The maximum absolute atomic E-state index is 12.3. The Hall–Kier alpha value is -1.73. The van der Waals surface area contributed by atoms with Gasteiger partial charge < -0.3 is 10.6 Å². The van der Waals surface area contributed by atoms with Crippen molar-refractivity contribution in [1.29, 1.82) is 0 Å². The summed E-state index contributed by atoms with van der Waals surface area (Å²) < 4.78 is 2.11. The predicted molar refractivity (Wildman–Crippen MR) is 80.6 cm³/mol. The van der Waals surface area contributed by atoms with Gasteiger partial charge in [-0.15, -0.1) is 0 Å². The quantitative estimate of drug-likeness (QED) is 0.778. The van der Waals surface area contributed by atoms with E-state index in [1.807, 2.05) is 13.1 Å². The van der Waals surface area contributed by atoms with Crippen LogP contribution in [0, 0.1) is 0 Å². The van der Waals surface area contributed by atoms with Crippen molar-refractivity contribution < 1.29 is 4.79 Å². The first-order valence-corrected chi connectivity index (χ1v) is 6.97. The molecule has 1 aromatic carbocycles. The SMILES string of the molecule is CNCCNC(=O)Cn1cnc2ccc(Br)cc2c1=O. The molecule has 2 N–H and O–H groups in total. The zero-order chi connectivity index (χ0) is 14.5. The fraction of sp³-hybridized carbons (Fsp3) is 0.308. The lowest BCUT2D eigenvalue weighted by Gasteiger charge is -2.07. The van der Waals surface area contributed by atoms with E-state index in [1.165, 1.54) is 10.9 Å². The normalized spacial score (nSPS) is 10.7. The van der Waals surface area contributed by atoms with Crippen molar-refractivity contribution in [2.24, 2.45) is 0 Å². The van der Waals surface area contributed by atoms with Gasteiger partial charge in [0.25, 0.3) is 5.56 Å². The van der Waals surface area contributed by atoms with Crippen molar-refractivity contribution in [2.75, 3.05) is 20.1 Å². The maximum atomic E-state index is 12.3. The molecule has 0 spiro atoms. The summed E-state index contributed by atoms with van der Waals surface area (Å²) >= 11 is 3.32.